The number of amides is 2. The van der Waals surface area contributed by atoms with Crippen LogP contribution in [0.1, 0.15) is 49.6 Å². The van der Waals surface area contributed by atoms with Crippen LogP contribution in [0.3, 0.4) is 0 Å². The van der Waals surface area contributed by atoms with E-state index in [2.05, 4.69) is 62.4 Å². The van der Waals surface area contributed by atoms with Gasteiger partial charge in [0.1, 0.15) is 5.69 Å². The lowest BCUT2D eigenvalue weighted by Crippen LogP contribution is -2.47. The molecule has 3 aromatic rings. The number of hydrogen-bond donors (Lipinski definition) is 1. The van der Waals surface area contributed by atoms with Crippen LogP contribution in [0.25, 0.3) is 22.6 Å². The molecule has 1 aliphatic heterocycles. The fourth-order valence-electron chi connectivity index (χ4n) is 4.00. The first-order valence-corrected chi connectivity index (χ1v) is 11.3. The second-order valence-electron chi connectivity index (χ2n) is 8.94. The highest BCUT2D eigenvalue weighted by atomic mass is 16.5. The van der Waals surface area contributed by atoms with Crippen LogP contribution in [0.5, 0.6) is 0 Å². The van der Waals surface area contributed by atoms with Gasteiger partial charge in [0, 0.05) is 30.1 Å². The number of carbonyl (C=O) groups excluding carboxylic acids is 1. The monoisotopic (exact) mass is 433 g/mol. The smallest absolute Gasteiger partial charge is 0.343 e. The van der Waals surface area contributed by atoms with E-state index in [0.717, 1.165) is 40.5 Å². The zero-order valence-electron chi connectivity index (χ0n) is 19.2. The third kappa shape index (κ3) is 4.55. The van der Waals surface area contributed by atoms with Gasteiger partial charge in [0.2, 0.25) is 0 Å². The van der Waals surface area contributed by atoms with Crippen molar-refractivity contribution in [3.63, 3.8) is 0 Å². The van der Waals surface area contributed by atoms with Crippen molar-refractivity contribution in [2.45, 2.75) is 52.5 Å². The molecule has 0 spiro atoms. The van der Waals surface area contributed by atoms with E-state index in [0.29, 0.717) is 19.0 Å². The van der Waals surface area contributed by atoms with E-state index in [1.807, 2.05) is 0 Å². The van der Waals surface area contributed by atoms with E-state index in [1.165, 1.54) is 11.1 Å². The predicted octanol–water partition coefficient (Wildman–Crippen LogP) is 6.02. The summed E-state index contributed by atoms with van der Waals surface area (Å²) >= 11 is 0. The summed E-state index contributed by atoms with van der Waals surface area (Å²) < 4.78 is 6.37. The first kappa shape index (κ1) is 22.1. The van der Waals surface area contributed by atoms with E-state index in [9.17, 15) is 10.0 Å². The molecule has 32 heavy (non-hydrogen) atoms. The summed E-state index contributed by atoms with van der Waals surface area (Å²) in [5.41, 5.74) is 5.28. The highest BCUT2D eigenvalue weighted by Crippen LogP contribution is 2.37. The number of benzene rings is 2. The highest BCUT2D eigenvalue weighted by molar-refractivity contribution is 5.77. The first-order chi connectivity index (χ1) is 15.3. The third-order valence-electron chi connectivity index (χ3n) is 6.08. The molecule has 0 radical (unpaired) electrons. The number of hydroxylamine groups is 2. The molecule has 0 bridgehead atoms. The Kier molecular flexibility index (Phi) is 6.33. The van der Waals surface area contributed by atoms with E-state index in [-0.39, 0.29) is 18.0 Å². The Balaban J connectivity index is 1.60. The van der Waals surface area contributed by atoms with E-state index >= 15 is 0 Å². The second kappa shape index (κ2) is 9.17. The molecule has 1 N–H and O–H groups in total. The maximum Gasteiger partial charge on any atom is 0.343 e. The van der Waals surface area contributed by atoms with E-state index in [4.69, 9.17) is 9.40 Å². The molecule has 6 heteroatoms. The Hall–Kier alpha value is -3.12. The normalized spacial score (nSPS) is 14.8. The fourth-order valence-corrected chi connectivity index (χ4v) is 4.00. The lowest BCUT2D eigenvalue weighted by atomic mass is 9.97. The summed E-state index contributed by atoms with van der Waals surface area (Å²) in [6.07, 6.45) is 1.50. The van der Waals surface area contributed by atoms with Crippen LogP contribution >= 0.6 is 0 Å². The first-order valence-electron chi connectivity index (χ1n) is 11.3. The largest absolute Gasteiger partial charge is 0.440 e. The van der Waals surface area contributed by atoms with Crippen molar-refractivity contribution in [1.29, 1.82) is 0 Å². The van der Waals surface area contributed by atoms with Crippen LogP contribution < -0.4 is 0 Å². The number of nitrogens with zero attached hydrogens (tertiary/aromatic N) is 3. The van der Waals surface area contributed by atoms with Crippen LogP contribution in [0, 0.1) is 13.8 Å². The molecular formula is C26H31N3O3. The van der Waals surface area contributed by atoms with Gasteiger partial charge in [-0.05, 0) is 40.5 Å². The van der Waals surface area contributed by atoms with Crippen molar-refractivity contribution in [2.75, 3.05) is 13.1 Å². The number of rotatable bonds is 4. The molecule has 6 nitrogen and oxygen atoms in total. The zero-order chi connectivity index (χ0) is 22.8. The average Bonchev–Trinajstić information content (AvgIpc) is 3.24. The van der Waals surface area contributed by atoms with Gasteiger partial charge >= 0.3 is 6.03 Å². The summed E-state index contributed by atoms with van der Waals surface area (Å²) in [7, 11) is 0. The van der Waals surface area contributed by atoms with E-state index < -0.39 is 0 Å². The molecule has 168 valence electrons. The van der Waals surface area contributed by atoms with Gasteiger partial charge < -0.3 is 9.32 Å². The molecule has 1 saturated heterocycles. The summed E-state index contributed by atoms with van der Waals surface area (Å²) in [6.45, 7) is 8.84. The summed E-state index contributed by atoms with van der Waals surface area (Å²) in [5.74, 6) is 1.63. The molecule has 2 heterocycles. The Labute approximate surface area is 189 Å². The van der Waals surface area contributed by atoms with Crippen LogP contribution in [-0.4, -0.2) is 45.3 Å². The van der Waals surface area contributed by atoms with Gasteiger partial charge in [0.15, 0.2) is 11.7 Å². The topological polar surface area (TPSA) is 69.8 Å². The molecular weight excluding hydrogens is 402 g/mol. The van der Waals surface area contributed by atoms with E-state index in [1.54, 1.807) is 18.7 Å². The predicted molar refractivity (Wildman–Crippen MR) is 125 cm³/mol. The number of carbonyl (C=O) groups is 1. The minimum Gasteiger partial charge on any atom is -0.440 e. The molecule has 1 aromatic heterocycles. The summed E-state index contributed by atoms with van der Waals surface area (Å²) in [5, 5.41) is 10.8. The molecule has 0 atom stereocenters. The van der Waals surface area contributed by atoms with Gasteiger partial charge in [-0.3, -0.25) is 5.21 Å². The molecule has 0 saturated carbocycles. The highest BCUT2D eigenvalue weighted by Gasteiger charge is 2.31. The lowest BCUT2D eigenvalue weighted by molar-refractivity contribution is -0.0815. The van der Waals surface area contributed by atoms with Crippen molar-refractivity contribution >= 4 is 6.03 Å². The van der Waals surface area contributed by atoms with Crippen molar-refractivity contribution < 1.29 is 14.4 Å². The van der Waals surface area contributed by atoms with Gasteiger partial charge in [-0.2, -0.15) is 0 Å². The molecule has 2 amide bonds. The number of piperidine rings is 1. The maximum atomic E-state index is 12.4. The standard InChI is InChI=1S/C26H31N3O3/c1-17(2)29(31)26(30)28-15-13-22(14-16-28)25-27-23(20-9-5-18(3)6-10-20)24(32-25)21-11-7-19(4)8-12-21/h5-12,17,22,31H,13-16H2,1-4H3. The van der Waals surface area contributed by atoms with Gasteiger partial charge in [-0.25, -0.2) is 14.8 Å². The Bertz CT molecular complexity index is 1000. The minimum absolute atomic E-state index is 0.133. The van der Waals surface area contributed by atoms with Gasteiger partial charge in [-0.15, -0.1) is 0 Å². The molecule has 1 aliphatic rings. The molecule has 0 aliphatic carbocycles. The SMILES string of the molecule is Cc1ccc(-c2nc(C3CCN(C(=O)N(O)C(C)C)CC3)oc2-c2ccc(C)cc2)cc1. The van der Waals surface area contributed by atoms with Crippen LogP contribution in [0.15, 0.2) is 52.9 Å². The number of urea groups is 1. The Morgan fingerprint density at radius 2 is 1.53 bits per heavy atom. The number of likely N-dealkylation sites (tertiary alicyclic amines) is 1. The van der Waals surface area contributed by atoms with Gasteiger partial charge in [0.25, 0.3) is 0 Å². The van der Waals surface area contributed by atoms with Crippen molar-refractivity contribution in [3.8, 4) is 22.6 Å². The van der Waals surface area contributed by atoms with Crippen LogP contribution in [-0.2, 0) is 0 Å². The van der Waals surface area contributed by atoms with Crippen molar-refractivity contribution in [1.82, 2.24) is 14.9 Å². The van der Waals surface area contributed by atoms with Gasteiger partial charge in [-0.1, -0.05) is 59.7 Å². The van der Waals surface area contributed by atoms with Crippen molar-refractivity contribution in [2.24, 2.45) is 0 Å². The number of aromatic nitrogens is 1. The number of aryl methyl sites for hydroxylation is 2. The Morgan fingerprint density at radius 1 is 1.00 bits per heavy atom. The summed E-state index contributed by atoms with van der Waals surface area (Å²) in [6, 6.07) is 16.0. The number of hydrogen-bond acceptors (Lipinski definition) is 4. The molecule has 1 fully saturated rings. The third-order valence-corrected chi connectivity index (χ3v) is 6.08. The average molecular weight is 434 g/mol. The quantitative estimate of drug-likeness (QED) is 0.403. The molecule has 0 unspecified atom stereocenters. The van der Waals surface area contributed by atoms with Crippen molar-refractivity contribution in [3.05, 3.63) is 65.5 Å². The number of oxazole rings is 1. The maximum absolute atomic E-state index is 12.4. The zero-order valence-corrected chi connectivity index (χ0v) is 19.2. The Morgan fingerprint density at radius 3 is 2.06 bits per heavy atom. The molecule has 2 aromatic carbocycles. The van der Waals surface area contributed by atoms with Crippen LogP contribution in [0.2, 0.25) is 0 Å². The van der Waals surface area contributed by atoms with Gasteiger partial charge in [0.05, 0.1) is 6.04 Å². The minimum atomic E-state index is -0.341. The summed E-state index contributed by atoms with van der Waals surface area (Å²) in [4.78, 5) is 19.1. The van der Waals surface area contributed by atoms with Crippen LogP contribution in [0.4, 0.5) is 4.79 Å². The fraction of sp³-hybridized carbons (Fsp3) is 0.385. The lowest BCUT2D eigenvalue weighted by Gasteiger charge is -2.33. The second-order valence-corrected chi connectivity index (χ2v) is 8.94. The molecule has 4 rings (SSSR count).